The first-order valence-corrected chi connectivity index (χ1v) is 7.86. The van der Waals surface area contributed by atoms with E-state index in [0.717, 1.165) is 0 Å². The second-order valence-corrected chi connectivity index (χ2v) is 6.14. The Hall–Kier alpha value is -2.35. The highest BCUT2D eigenvalue weighted by Crippen LogP contribution is 2.37. The number of carbonyl (C=O) groups excluding carboxylic acids is 1. The number of aromatic nitrogens is 2. The van der Waals surface area contributed by atoms with E-state index in [1.54, 1.807) is 17.5 Å². The maximum atomic E-state index is 14.3. The number of halogens is 3. The zero-order valence-corrected chi connectivity index (χ0v) is 12.5. The summed E-state index contributed by atoms with van der Waals surface area (Å²) in [7, 11) is 0. The second-order valence-electron chi connectivity index (χ2n) is 5.19. The predicted molar refractivity (Wildman–Crippen MR) is 80.5 cm³/mol. The summed E-state index contributed by atoms with van der Waals surface area (Å²) in [6.45, 7) is 0.973. The number of nitrogens with one attached hydrogen (secondary N) is 1. The first-order valence-electron chi connectivity index (χ1n) is 6.98. The van der Waals surface area contributed by atoms with Crippen LogP contribution in [0, 0.1) is 17.7 Å². The van der Waals surface area contributed by atoms with Crippen molar-refractivity contribution < 1.29 is 18.0 Å². The molecule has 0 radical (unpaired) electrons. The number of anilines is 1. The molecule has 4 heterocycles. The Labute approximate surface area is 132 Å². The number of hydrogen-bond acceptors (Lipinski definition) is 4. The number of hydrogen-bond donors (Lipinski definition) is 1. The van der Waals surface area contributed by atoms with E-state index in [-0.39, 0.29) is 16.5 Å². The monoisotopic (exact) mass is 337 g/mol. The van der Waals surface area contributed by atoms with Gasteiger partial charge in [0.2, 0.25) is 11.7 Å². The van der Waals surface area contributed by atoms with Crippen LogP contribution in [0.25, 0.3) is 10.9 Å². The zero-order chi connectivity index (χ0) is 16.1. The van der Waals surface area contributed by atoms with Crippen molar-refractivity contribution in [2.45, 2.75) is 13.0 Å². The van der Waals surface area contributed by atoms with E-state index in [9.17, 15) is 18.0 Å². The largest absolute Gasteiger partial charge is 0.371 e. The van der Waals surface area contributed by atoms with E-state index < -0.39 is 23.5 Å². The Kier molecular flexibility index (Phi) is 3.15. The molecule has 0 amide bonds. The molecule has 0 atom stereocenters. The minimum absolute atomic E-state index is 0.0418. The third kappa shape index (κ3) is 1.98. The number of thiophene rings is 1. The number of nitrogens with zero attached hydrogens (tertiary/aromatic N) is 2. The first-order chi connectivity index (χ1) is 11.1. The molecule has 118 valence electrons. The lowest BCUT2D eigenvalue weighted by Gasteiger charge is -2.18. The Morgan fingerprint density at radius 3 is 2.87 bits per heavy atom. The van der Waals surface area contributed by atoms with Crippen LogP contribution in [-0.4, -0.2) is 21.9 Å². The van der Waals surface area contributed by atoms with Crippen LogP contribution < -0.4 is 5.32 Å². The van der Waals surface area contributed by atoms with Crippen LogP contribution in [0.1, 0.15) is 21.7 Å². The first kappa shape index (κ1) is 14.3. The van der Waals surface area contributed by atoms with Gasteiger partial charge in [-0.3, -0.25) is 4.79 Å². The fourth-order valence-electron chi connectivity index (χ4n) is 2.94. The van der Waals surface area contributed by atoms with Gasteiger partial charge in [-0.1, -0.05) is 6.07 Å². The summed E-state index contributed by atoms with van der Waals surface area (Å²) in [5, 5.41) is 4.36. The van der Waals surface area contributed by atoms with Crippen LogP contribution in [0.2, 0.25) is 0 Å². The van der Waals surface area contributed by atoms with E-state index in [0.29, 0.717) is 30.2 Å². The lowest BCUT2D eigenvalue weighted by Crippen LogP contribution is -2.18. The summed E-state index contributed by atoms with van der Waals surface area (Å²) >= 11 is 1.19. The number of ketones is 1. The summed E-state index contributed by atoms with van der Waals surface area (Å²) in [5.41, 5.74) is -0.217. The van der Waals surface area contributed by atoms with E-state index >= 15 is 0 Å². The normalized spacial score (nSPS) is 13.9. The van der Waals surface area contributed by atoms with E-state index in [4.69, 9.17) is 0 Å². The Bertz CT molecular complexity index is 934. The smallest absolute Gasteiger partial charge is 0.252 e. The van der Waals surface area contributed by atoms with Crippen LogP contribution in [0.4, 0.5) is 19.0 Å². The molecule has 3 aromatic rings. The number of rotatable bonds is 2. The second kappa shape index (κ2) is 5.09. The average Bonchev–Trinajstić information content (AvgIpc) is 3.18. The van der Waals surface area contributed by atoms with Crippen LogP contribution in [0.5, 0.6) is 0 Å². The van der Waals surface area contributed by atoms with Gasteiger partial charge in [-0.15, -0.1) is 11.3 Å². The average molecular weight is 337 g/mol. The molecule has 0 aliphatic carbocycles. The van der Waals surface area contributed by atoms with Gasteiger partial charge in [0, 0.05) is 13.1 Å². The molecule has 0 saturated carbocycles. The SMILES string of the molecule is O=C(c1cccs1)c1c2n(c3c(F)nc(F)c(F)c13)CCCN2. The van der Waals surface area contributed by atoms with Crippen molar-refractivity contribution in [3.63, 3.8) is 0 Å². The van der Waals surface area contributed by atoms with Crippen LogP contribution >= 0.6 is 11.3 Å². The molecule has 1 aliphatic heterocycles. The third-order valence-corrected chi connectivity index (χ3v) is 4.75. The van der Waals surface area contributed by atoms with Crippen molar-refractivity contribution in [1.29, 1.82) is 0 Å². The van der Waals surface area contributed by atoms with Crippen molar-refractivity contribution in [1.82, 2.24) is 9.55 Å². The van der Waals surface area contributed by atoms with Gasteiger partial charge >= 0.3 is 0 Å². The van der Waals surface area contributed by atoms with Gasteiger partial charge in [0.1, 0.15) is 11.3 Å². The minimum atomic E-state index is -1.54. The molecule has 23 heavy (non-hydrogen) atoms. The van der Waals surface area contributed by atoms with Crippen molar-refractivity contribution in [2.24, 2.45) is 0 Å². The van der Waals surface area contributed by atoms with Gasteiger partial charge in [-0.05, 0) is 17.9 Å². The van der Waals surface area contributed by atoms with Gasteiger partial charge in [0.05, 0.1) is 15.8 Å². The molecule has 1 N–H and O–H groups in total. The quantitative estimate of drug-likeness (QED) is 0.574. The van der Waals surface area contributed by atoms with Gasteiger partial charge in [0.25, 0.3) is 5.95 Å². The lowest BCUT2D eigenvalue weighted by molar-refractivity contribution is 0.104. The fourth-order valence-corrected chi connectivity index (χ4v) is 3.61. The zero-order valence-electron chi connectivity index (χ0n) is 11.7. The van der Waals surface area contributed by atoms with Crippen LogP contribution in [0.3, 0.4) is 0 Å². The van der Waals surface area contributed by atoms with Crippen molar-refractivity contribution >= 4 is 33.8 Å². The molecular formula is C15H10F3N3OS. The molecule has 0 unspecified atom stereocenters. The molecule has 1 aliphatic rings. The molecule has 4 nitrogen and oxygen atoms in total. The molecule has 0 fully saturated rings. The molecule has 8 heteroatoms. The molecule has 4 rings (SSSR count). The van der Waals surface area contributed by atoms with Crippen molar-refractivity contribution in [3.05, 3.63) is 45.7 Å². The van der Waals surface area contributed by atoms with Crippen LogP contribution in [-0.2, 0) is 6.54 Å². The third-order valence-electron chi connectivity index (χ3n) is 3.88. The van der Waals surface area contributed by atoms with Crippen molar-refractivity contribution in [3.8, 4) is 0 Å². The minimum Gasteiger partial charge on any atom is -0.371 e. The standard InChI is InChI=1S/C15H10F3N3OS/c16-10-8-9(12(22)7-3-1-6-23-7)15-19-4-2-5-21(15)11(8)14(18)20-13(10)17/h1,3,6,19H,2,4-5H2. The van der Waals surface area contributed by atoms with E-state index in [2.05, 4.69) is 10.3 Å². The maximum Gasteiger partial charge on any atom is 0.252 e. The lowest BCUT2D eigenvalue weighted by atomic mass is 10.1. The summed E-state index contributed by atoms with van der Waals surface area (Å²) in [6.07, 6.45) is 0.682. The molecule has 0 spiro atoms. The van der Waals surface area contributed by atoms with Crippen molar-refractivity contribution in [2.75, 3.05) is 11.9 Å². The Morgan fingerprint density at radius 2 is 2.13 bits per heavy atom. The van der Waals surface area contributed by atoms with Gasteiger partial charge in [0.15, 0.2) is 5.82 Å². The maximum absolute atomic E-state index is 14.3. The van der Waals surface area contributed by atoms with E-state index in [1.165, 1.54) is 15.9 Å². The molecule has 0 bridgehead atoms. The number of pyridine rings is 1. The molecular weight excluding hydrogens is 327 g/mol. The van der Waals surface area contributed by atoms with E-state index in [1.807, 2.05) is 0 Å². The highest BCUT2D eigenvalue weighted by Gasteiger charge is 2.31. The highest BCUT2D eigenvalue weighted by atomic mass is 32.1. The summed E-state index contributed by atoms with van der Waals surface area (Å²) < 4.78 is 43.6. The summed E-state index contributed by atoms with van der Waals surface area (Å²) in [6, 6.07) is 3.28. The fraction of sp³-hybridized carbons (Fsp3) is 0.200. The number of fused-ring (bicyclic) bond motifs is 3. The van der Waals surface area contributed by atoms with Crippen LogP contribution in [0.15, 0.2) is 17.5 Å². The number of aryl methyl sites for hydroxylation is 1. The number of carbonyl (C=O) groups is 1. The molecule has 0 aromatic carbocycles. The highest BCUT2D eigenvalue weighted by molar-refractivity contribution is 7.12. The van der Waals surface area contributed by atoms with Gasteiger partial charge in [-0.25, -0.2) is 4.39 Å². The topological polar surface area (TPSA) is 46.9 Å². The molecule has 0 saturated heterocycles. The summed E-state index contributed by atoms with van der Waals surface area (Å²) in [4.78, 5) is 16.1. The Balaban J connectivity index is 2.12. The van der Waals surface area contributed by atoms with Gasteiger partial charge in [-0.2, -0.15) is 13.8 Å². The van der Waals surface area contributed by atoms with Gasteiger partial charge < -0.3 is 9.88 Å². The summed E-state index contributed by atoms with van der Waals surface area (Å²) in [5.74, 6) is -4.11. The molecule has 3 aromatic heterocycles. The predicted octanol–water partition coefficient (Wildman–Crippen LogP) is 3.56. The Morgan fingerprint density at radius 1 is 1.30 bits per heavy atom.